The lowest BCUT2D eigenvalue weighted by atomic mass is 10.1. The molecule has 0 fully saturated rings. The summed E-state index contributed by atoms with van der Waals surface area (Å²) in [6.45, 7) is 3.70. The number of benzene rings is 2. The molecule has 0 bridgehead atoms. The van der Waals surface area contributed by atoms with E-state index in [1.165, 1.54) is 12.0 Å². The van der Waals surface area contributed by atoms with Gasteiger partial charge in [-0.2, -0.15) is 0 Å². The van der Waals surface area contributed by atoms with Gasteiger partial charge in [0.1, 0.15) is 5.76 Å². The number of amides is 1. The minimum absolute atomic E-state index is 0.103. The van der Waals surface area contributed by atoms with E-state index in [2.05, 4.69) is 62.8 Å². The molecule has 4 rings (SSSR count). The fourth-order valence-corrected chi connectivity index (χ4v) is 4.13. The molecule has 7 heteroatoms. The Morgan fingerprint density at radius 3 is 2.90 bits per heavy atom. The van der Waals surface area contributed by atoms with Crippen molar-refractivity contribution in [3.8, 4) is 0 Å². The summed E-state index contributed by atoms with van der Waals surface area (Å²) in [6.07, 6.45) is 4.10. The Bertz CT molecular complexity index is 1170. The maximum atomic E-state index is 12.6. The van der Waals surface area contributed by atoms with Gasteiger partial charge in [-0.3, -0.25) is 9.69 Å². The van der Waals surface area contributed by atoms with Crippen LogP contribution < -0.4 is 5.32 Å². The molecule has 2 aromatic carbocycles. The van der Waals surface area contributed by atoms with Crippen molar-refractivity contribution >= 4 is 45.1 Å². The summed E-state index contributed by atoms with van der Waals surface area (Å²) in [6, 6.07) is 13.6. The Kier molecular flexibility index (Phi) is 6.19. The van der Waals surface area contributed by atoms with Gasteiger partial charge in [-0.05, 0) is 84.9 Å². The first-order valence-electron chi connectivity index (χ1n) is 9.73. The largest absolute Gasteiger partial charge is 0.447 e. The number of aromatic amines is 1. The van der Waals surface area contributed by atoms with Crippen molar-refractivity contribution < 1.29 is 9.21 Å². The minimum atomic E-state index is -0.103. The van der Waals surface area contributed by atoms with Gasteiger partial charge in [0.15, 0.2) is 6.39 Å². The van der Waals surface area contributed by atoms with E-state index in [-0.39, 0.29) is 5.91 Å². The van der Waals surface area contributed by atoms with Crippen molar-refractivity contribution in [2.45, 2.75) is 19.9 Å². The number of oxazole rings is 1. The van der Waals surface area contributed by atoms with Crippen molar-refractivity contribution in [3.05, 3.63) is 81.2 Å². The summed E-state index contributed by atoms with van der Waals surface area (Å²) in [5.74, 6) is 0.752. The molecular weight excluding hydrogens is 491 g/mol. The second-order valence-electron chi connectivity index (χ2n) is 7.41. The van der Waals surface area contributed by atoms with Gasteiger partial charge < -0.3 is 14.7 Å². The quantitative estimate of drug-likeness (QED) is 0.341. The Labute approximate surface area is 188 Å². The predicted molar refractivity (Wildman–Crippen MR) is 127 cm³/mol. The first kappa shape index (κ1) is 20.6. The molecule has 0 saturated carbocycles. The number of aromatic nitrogens is 2. The monoisotopic (exact) mass is 514 g/mol. The van der Waals surface area contributed by atoms with Crippen LogP contribution in [0.4, 0.5) is 5.69 Å². The van der Waals surface area contributed by atoms with Crippen LogP contribution in [0.5, 0.6) is 0 Å². The molecule has 30 heavy (non-hydrogen) atoms. The molecule has 154 valence electrons. The van der Waals surface area contributed by atoms with Gasteiger partial charge in [0.25, 0.3) is 5.91 Å². The molecule has 2 N–H and O–H groups in total. The number of hydrogen-bond donors (Lipinski definition) is 2. The molecule has 0 spiro atoms. The number of carbonyl (C=O) groups excluding carboxylic acids is 1. The van der Waals surface area contributed by atoms with Crippen LogP contribution in [-0.2, 0) is 13.0 Å². The predicted octanol–water partition coefficient (Wildman–Crippen LogP) is 5.00. The van der Waals surface area contributed by atoms with Crippen LogP contribution in [0.3, 0.4) is 0 Å². The highest BCUT2D eigenvalue weighted by atomic mass is 127. The van der Waals surface area contributed by atoms with Crippen LogP contribution in [0.2, 0.25) is 0 Å². The number of rotatable bonds is 7. The Hall–Kier alpha value is -2.65. The van der Waals surface area contributed by atoms with E-state index >= 15 is 0 Å². The zero-order valence-corrected chi connectivity index (χ0v) is 19.1. The van der Waals surface area contributed by atoms with E-state index in [0.29, 0.717) is 5.56 Å². The Balaban J connectivity index is 1.50. The first-order valence-corrected chi connectivity index (χ1v) is 10.8. The SMILES string of the molecule is Cc1[nH]c2ccc(NC(=O)c3cccc(I)c3)cc2c1CCN(C)Cc1cnco1. The maximum Gasteiger partial charge on any atom is 0.255 e. The number of anilines is 1. The van der Waals surface area contributed by atoms with Crippen LogP contribution in [0.25, 0.3) is 10.9 Å². The summed E-state index contributed by atoms with van der Waals surface area (Å²) < 4.78 is 6.37. The lowest BCUT2D eigenvalue weighted by Gasteiger charge is -2.15. The lowest BCUT2D eigenvalue weighted by Crippen LogP contribution is -2.20. The highest BCUT2D eigenvalue weighted by Crippen LogP contribution is 2.26. The maximum absolute atomic E-state index is 12.6. The second-order valence-corrected chi connectivity index (χ2v) is 8.65. The number of halogens is 1. The molecule has 0 aliphatic rings. The van der Waals surface area contributed by atoms with Crippen molar-refractivity contribution in [2.24, 2.45) is 0 Å². The van der Waals surface area contributed by atoms with Crippen LogP contribution in [0, 0.1) is 10.5 Å². The normalized spacial score (nSPS) is 11.3. The fourth-order valence-electron chi connectivity index (χ4n) is 3.58. The molecule has 2 aromatic heterocycles. The molecule has 0 radical (unpaired) electrons. The van der Waals surface area contributed by atoms with Crippen LogP contribution >= 0.6 is 22.6 Å². The molecule has 0 unspecified atom stereocenters. The van der Waals surface area contributed by atoms with Gasteiger partial charge in [-0.15, -0.1) is 0 Å². The smallest absolute Gasteiger partial charge is 0.255 e. The topological polar surface area (TPSA) is 74.2 Å². The molecule has 6 nitrogen and oxygen atoms in total. The minimum Gasteiger partial charge on any atom is -0.447 e. The number of carbonyl (C=O) groups is 1. The Morgan fingerprint density at radius 2 is 2.13 bits per heavy atom. The third kappa shape index (κ3) is 4.73. The second kappa shape index (κ2) is 9.01. The van der Waals surface area contributed by atoms with E-state index < -0.39 is 0 Å². The lowest BCUT2D eigenvalue weighted by molar-refractivity contribution is 0.102. The first-order chi connectivity index (χ1) is 14.5. The van der Waals surface area contributed by atoms with Gasteiger partial charge in [-0.1, -0.05) is 6.07 Å². The summed E-state index contributed by atoms with van der Waals surface area (Å²) >= 11 is 2.21. The molecule has 2 heterocycles. The molecular formula is C23H23IN4O2. The fraction of sp³-hybridized carbons (Fsp3) is 0.217. The van der Waals surface area contributed by atoms with Crippen molar-refractivity contribution in [3.63, 3.8) is 0 Å². The van der Waals surface area contributed by atoms with Gasteiger partial charge in [0.2, 0.25) is 0 Å². The molecule has 0 atom stereocenters. The van der Waals surface area contributed by atoms with Crippen LogP contribution in [0.15, 0.2) is 59.5 Å². The van der Waals surface area contributed by atoms with Crippen molar-refractivity contribution in [2.75, 3.05) is 18.9 Å². The molecule has 1 amide bonds. The highest BCUT2D eigenvalue weighted by Gasteiger charge is 2.13. The van der Waals surface area contributed by atoms with Gasteiger partial charge in [-0.25, -0.2) is 4.98 Å². The van der Waals surface area contributed by atoms with Crippen LogP contribution in [0.1, 0.15) is 27.4 Å². The third-order valence-corrected chi connectivity index (χ3v) is 5.79. The summed E-state index contributed by atoms with van der Waals surface area (Å²) in [5.41, 5.74) is 4.94. The summed E-state index contributed by atoms with van der Waals surface area (Å²) in [4.78, 5) is 22.2. The van der Waals surface area contributed by atoms with E-state index in [9.17, 15) is 4.79 Å². The van der Waals surface area contributed by atoms with Gasteiger partial charge in [0.05, 0.1) is 12.7 Å². The number of hydrogen-bond acceptors (Lipinski definition) is 4. The highest BCUT2D eigenvalue weighted by molar-refractivity contribution is 14.1. The van der Waals surface area contributed by atoms with E-state index in [1.807, 2.05) is 36.4 Å². The zero-order chi connectivity index (χ0) is 21.1. The number of likely N-dealkylation sites (N-methyl/N-ethyl adjacent to an activating group) is 1. The number of fused-ring (bicyclic) bond motifs is 1. The molecule has 0 aliphatic carbocycles. The van der Waals surface area contributed by atoms with Crippen molar-refractivity contribution in [1.82, 2.24) is 14.9 Å². The van der Waals surface area contributed by atoms with Gasteiger partial charge in [0, 0.05) is 38.0 Å². The van der Waals surface area contributed by atoms with E-state index in [0.717, 1.165) is 51.1 Å². The average Bonchev–Trinajstić information content (AvgIpc) is 3.33. The third-order valence-electron chi connectivity index (χ3n) is 5.12. The summed E-state index contributed by atoms with van der Waals surface area (Å²) in [5, 5.41) is 4.16. The number of nitrogens with one attached hydrogen (secondary N) is 2. The van der Waals surface area contributed by atoms with Crippen molar-refractivity contribution in [1.29, 1.82) is 0 Å². The zero-order valence-electron chi connectivity index (χ0n) is 16.9. The number of nitrogens with zero attached hydrogens (tertiary/aromatic N) is 2. The summed E-state index contributed by atoms with van der Waals surface area (Å²) in [7, 11) is 2.07. The average molecular weight is 514 g/mol. The number of H-pyrrole nitrogens is 1. The molecule has 4 aromatic rings. The van der Waals surface area contributed by atoms with E-state index in [1.54, 1.807) is 6.20 Å². The number of aryl methyl sites for hydroxylation is 1. The van der Waals surface area contributed by atoms with E-state index in [4.69, 9.17) is 4.42 Å². The molecule has 0 aliphatic heterocycles. The Morgan fingerprint density at radius 1 is 1.27 bits per heavy atom. The van der Waals surface area contributed by atoms with Crippen LogP contribution in [-0.4, -0.2) is 34.4 Å². The van der Waals surface area contributed by atoms with Gasteiger partial charge >= 0.3 is 0 Å². The standard InChI is InChI=1S/C23H23IN4O2/c1-15-20(8-9-28(2)13-19-12-25-14-30-19)21-11-18(6-7-22(21)26-15)27-23(29)16-4-3-5-17(24)10-16/h3-7,10-12,14,26H,8-9,13H2,1-2H3,(H,27,29). The molecule has 0 saturated heterocycles.